The van der Waals surface area contributed by atoms with Crippen molar-refractivity contribution in [3.63, 3.8) is 0 Å². The Balaban J connectivity index is 1.46. The Morgan fingerprint density at radius 2 is 1.57 bits per heavy atom. The first-order valence-electron chi connectivity index (χ1n) is 12.4. The van der Waals surface area contributed by atoms with Crippen molar-refractivity contribution in [1.82, 2.24) is 30.4 Å². The second kappa shape index (κ2) is 10.4. The van der Waals surface area contributed by atoms with Crippen LogP contribution in [0, 0.1) is 0 Å². The van der Waals surface area contributed by atoms with Gasteiger partial charge in [-0.05, 0) is 50.0 Å². The lowest BCUT2D eigenvalue weighted by Crippen LogP contribution is -2.45. The van der Waals surface area contributed by atoms with Crippen LogP contribution in [0.2, 0.25) is 0 Å². The zero-order valence-corrected chi connectivity index (χ0v) is 20.4. The Kier molecular flexibility index (Phi) is 6.85. The number of hydrogen-bond donors (Lipinski definition) is 1. The number of nitrogens with zero attached hydrogens (tertiary/aromatic N) is 7. The summed E-state index contributed by atoms with van der Waals surface area (Å²) in [5, 5.41) is 2.99. The van der Waals surface area contributed by atoms with Crippen molar-refractivity contribution in [1.29, 1.82) is 0 Å². The highest BCUT2D eigenvalue weighted by Gasteiger charge is 2.20. The van der Waals surface area contributed by atoms with Crippen LogP contribution >= 0.6 is 0 Å². The summed E-state index contributed by atoms with van der Waals surface area (Å²) in [4.78, 5) is 36.0. The highest BCUT2D eigenvalue weighted by molar-refractivity contribution is 5.93. The van der Waals surface area contributed by atoms with E-state index in [1.165, 1.54) is 6.42 Å². The fourth-order valence-electron chi connectivity index (χ4n) is 4.60. The first-order valence-corrected chi connectivity index (χ1v) is 12.4. The van der Waals surface area contributed by atoms with Crippen LogP contribution in [-0.4, -0.2) is 71.1 Å². The number of hydrazine groups is 1. The number of hydrogen-bond acceptors (Lipinski definition) is 8. The summed E-state index contributed by atoms with van der Waals surface area (Å²) in [6.07, 6.45) is 9.26. The van der Waals surface area contributed by atoms with Crippen LogP contribution in [0.15, 0.2) is 30.3 Å². The van der Waals surface area contributed by atoms with Gasteiger partial charge in [0.05, 0.1) is 5.52 Å². The Hall–Kier alpha value is -3.59. The molecule has 3 aromatic rings. The molecule has 2 aliphatic rings. The molecule has 0 spiro atoms. The van der Waals surface area contributed by atoms with Crippen LogP contribution in [0.5, 0.6) is 0 Å². The van der Waals surface area contributed by atoms with Crippen LogP contribution < -0.4 is 15.2 Å². The van der Waals surface area contributed by atoms with Crippen LogP contribution in [0.3, 0.4) is 0 Å². The lowest BCUT2D eigenvalue weighted by molar-refractivity contribution is 0.0744. The van der Waals surface area contributed by atoms with E-state index in [1.807, 2.05) is 54.3 Å². The third kappa shape index (κ3) is 5.40. The molecular weight excluding hydrogens is 440 g/mol. The minimum Gasteiger partial charge on any atom is -0.362 e. The zero-order chi connectivity index (χ0) is 24.2. The van der Waals surface area contributed by atoms with Gasteiger partial charge in [0.15, 0.2) is 11.6 Å². The molecule has 2 saturated heterocycles. The topological polar surface area (TPSA) is 90.4 Å². The molecule has 0 radical (unpaired) electrons. The smallest absolute Gasteiger partial charge is 0.284 e. The molecule has 1 N–H and O–H groups in total. The van der Waals surface area contributed by atoms with E-state index in [0.717, 1.165) is 74.4 Å². The van der Waals surface area contributed by atoms with E-state index in [1.54, 1.807) is 12.1 Å². The van der Waals surface area contributed by atoms with Crippen molar-refractivity contribution in [3.8, 4) is 0 Å². The van der Waals surface area contributed by atoms with Gasteiger partial charge in [-0.15, -0.1) is 0 Å². The van der Waals surface area contributed by atoms with E-state index >= 15 is 0 Å². The molecule has 2 fully saturated rings. The summed E-state index contributed by atoms with van der Waals surface area (Å²) in [7, 11) is 3.94. The van der Waals surface area contributed by atoms with Crippen LogP contribution in [0.25, 0.3) is 23.1 Å². The normalized spacial score (nSPS) is 16.8. The van der Waals surface area contributed by atoms with Crippen molar-refractivity contribution in [2.24, 2.45) is 0 Å². The molecule has 0 saturated carbocycles. The third-order valence-electron chi connectivity index (χ3n) is 6.41. The monoisotopic (exact) mass is 472 g/mol. The third-order valence-corrected chi connectivity index (χ3v) is 6.41. The molecule has 4 heterocycles. The van der Waals surface area contributed by atoms with Crippen molar-refractivity contribution in [2.45, 2.75) is 32.1 Å². The number of carbonyl (C=O) groups is 1. The number of aromatic nitrogens is 4. The Bertz CT molecular complexity index is 1230. The molecule has 9 heteroatoms. The quantitative estimate of drug-likeness (QED) is 0.584. The first-order chi connectivity index (χ1) is 17.1. The molecule has 2 aromatic heterocycles. The van der Waals surface area contributed by atoms with Gasteiger partial charge in [0.1, 0.15) is 17.3 Å². The summed E-state index contributed by atoms with van der Waals surface area (Å²) in [6, 6.07) is 9.77. The molecule has 0 atom stereocenters. The summed E-state index contributed by atoms with van der Waals surface area (Å²) in [6.45, 7) is 3.62. The SMILES string of the molecule is CN(C)c1nc(/C=C/c2nc(C(=O)NN3CCCCC3)cc(N3CCCC3)n2)nc2ccccc12. The second-order valence-corrected chi connectivity index (χ2v) is 9.30. The van der Waals surface area contributed by atoms with Gasteiger partial charge >= 0.3 is 0 Å². The number of amides is 1. The van der Waals surface area contributed by atoms with Gasteiger partial charge in [-0.3, -0.25) is 10.2 Å². The maximum atomic E-state index is 13.1. The molecule has 0 bridgehead atoms. The standard InChI is InChI=1S/C26H32N8O/c1-32(2)25-19-10-4-5-11-20(19)27-23(30-25)13-12-22-28-21(18-24(29-22)33-14-8-9-15-33)26(35)31-34-16-6-3-7-17-34/h4-5,10-13,18H,3,6-9,14-17H2,1-2H3,(H,31,35)/b13-12+. The molecule has 2 aliphatic heterocycles. The molecule has 182 valence electrons. The fourth-order valence-corrected chi connectivity index (χ4v) is 4.60. The van der Waals surface area contributed by atoms with E-state index in [9.17, 15) is 4.79 Å². The number of para-hydroxylation sites is 1. The van der Waals surface area contributed by atoms with Gasteiger partial charge in [0.2, 0.25) is 0 Å². The molecule has 35 heavy (non-hydrogen) atoms. The molecule has 0 aliphatic carbocycles. The van der Waals surface area contributed by atoms with Crippen molar-refractivity contribution >= 4 is 40.6 Å². The number of rotatable bonds is 6. The van der Waals surface area contributed by atoms with Crippen molar-refractivity contribution in [3.05, 3.63) is 47.7 Å². The maximum absolute atomic E-state index is 13.1. The lowest BCUT2D eigenvalue weighted by atomic mass is 10.2. The minimum absolute atomic E-state index is 0.193. The second-order valence-electron chi connectivity index (χ2n) is 9.30. The molecule has 0 unspecified atom stereocenters. The fraction of sp³-hybridized carbons (Fsp3) is 0.423. The molecule has 9 nitrogen and oxygen atoms in total. The highest BCUT2D eigenvalue weighted by Crippen LogP contribution is 2.23. The highest BCUT2D eigenvalue weighted by atomic mass is 16.2. The Morgan fingerprint density at radius 1 is 0.886 bits per heavy atom. The minimum atomic E-state index is -0.193. The van der Waals surface area contributed by atoms with E-state index in [0.29, 0.717) is 17.3 Å². The van der Waals surface area contributed by atoms with Gasteiger partial charge in [0, 0.05) is 51.7 Å². The number of nitrogens with one attached hydrogen (secondary N) is 1. The van der Waals surface area contributed by atoms with Gasteiger partial charge in [-0.2, -0.15) is 0 Å². The number of fused-ring (bicyclic) bond motifs is 1. The number of piperidine rings is 1. The van der Waals surface area contributed by atoms with Crippen molar-refractivity contribution < 1.29 is 4.79 Å². The van der Waals surface area contributed by atoms with Crippen LogP contribution in [0.1, 0.15) is 54.2 Å². The van der Waals surface area contributed by atoms with E-state index in [-0.39, 0.29) is 5.91 Å². The van der Waals surface area contributed by atoms with Gasteiger partial charge in [0.25, 0.3) is 5.91 Å². The molecule has 1 amide bonds. The lowest BCUT2D eigenvalue weighted by Gasteiger charge is -2.26. The maximum Gasteiger partial charge on any atom is 0.284 e. The first kappa shape index (κ1) is 23.2. The number of anilines is 2. The predicted molar refractivity (Wildman–Crippen MR) is 139 cm³/mol. The zero-order valence-electron chi connectivity index (χ0n) is 20.4. The molecule has 5 rings (SSSR count). The largest absolute Gasteiger partial charge is 0.362 e. The Labute approximate surface area is 205 Å². The number of benzene rings is 1. The van der Waals surface area contributed by atoms with Crippen LogP contribution in [0.4, 0.5) is 11.6 Å². The number of carbonyl (C=O) groups excluding carboxylic acids is 1. The Morgan fingerprint density at radius 3 is 2.31 bits per heavy atom. The van der Waals surface area contributed by atoms with Crippen molar-refractivity contribution in [2.75, 3.05) is 50.1 Å². The summed E-state index contributed by atoms with van der Waals surface area (Å²) in [5.74, 6) is 2.49. The summed E-state index contributed by atoms with van der Waals surface area (Å²) >= 11 is 0. The summed E-state index contributed by atoms with van der Waals surface area (Å²) < 4.78 is 0. The average molecular weight is 473 g/mol. The van der Waals surface area contributed by atoms with Gasteiger partial charge < -0.3 is 9.80 Å². The van der Waals surface area contributed by atoms with Gasteiger partial charge in [-0.25, -0.2) is 24.9 Å². The van der Waals surface area contributed by atoms with E-state index in [4.69, 9.17) is 15.0 Å². The van der Waals surface area contributed by atoms with Gasteiger partial charge in [-0.1, -0.05) is 18.6 Å². The average Bonchev–Trinajstić information content (AvgIpc) is 3.42. The predicted octanol–water partition coefficient (Wildman–Crippen LogP) is 3.39. The van der Waals surface area contributed by atoms with Crippen LogP contribution in [-0.2, 0) is 0 Å². The molecule has 1 aromatic carbocycles. The van der Waals surface area contributed by atoms with E-state index in [2.05, 4.69) is 15.3 Å². The molecular formula is C26H32N8O. The van der Waals surface area contributed by atoms with E-state index < -0.39 is 0 Å². The summed E-state index contributed by atoms with van der Waals surface area (Å²) in [5.41, 5.74) is 4.28.